The largest absolute Gasteiger partial charge is 0.302 e. The van der Waals surface area contributed by atoms with E-state index < -0.39 is 0 Å². The summed E-state index contributed by atoms with van der Waals surface area (Å²) in [6.45, 7) is 2.31. The minimum absolute atomic E-state index is 0.191. The van der Waals surface area contributed by atoms with Crippen LogP contribution in [0.5, 0.6) is 0 Å². The van der Waals surface area contributed by atoms with Gasteiger partial charge in [-0.1, -0.05) is 36.4 Å². The van der Waals surface area contributed by atoms with Gasteiger partial charge in [0.2, 0.25) is 0 Å². The number of hydrogen-bond acceptors (Lipinski definition) is 4. The Morgan fingerprint density at radius 1 is 1.04 bits per heavy atom. The molecule has 0 N–H and O–H groups in total. The van der Waals surface area contributed by atoms with E-state index in [4.69, 9.17) is 0 Å². The fraction of sp³-hybridized carbons (Fsp3) is 0.0909. The molecule has 6 heteroatoms. The van der Waals surface area contributed by atoms with E-state index in [9.17, 15) is 9.18 Å². The normalized spacial score (nSPS) is 10.8. The number of halogens is 1. The highest BCUT2D eigenvalue weighted by Crippen LogP contribution is 2.32. The zero-order valence-corrected chi connectivity index (χ0v) is 16.8. The smallest absolute Gasteiger partial charge is 0.278 e. The van der Waals surface area contributed by atoms with Gasteiger partial charge in [-0.15, -0.1) is 22.7 Å². The molecule has 140 valence electrons. The average molecular weight is 409 g/mol. The number of carbonyl (C=O) groups excluding carboxylic acids is 1. The molecule has 0 unspecified atom stereocenters. The number of aromatic nitrogens is 1. The number of aryl methyl sites for hydroxylation is 1. The number of thiazole rings is 1. The molecule has 0 aliphatic carbocycles. The predicted octanol–water partition coefficient (Wildman–Crippen LogP) is 6.17. The van der Waals surface area contributed by atoms with Crippen molar-refractivity contribution in [1.82, 2.24) is 4.98 Å². The summed E-state index contributed by atoms with van der Waals surface area (Å²) in [5, 5.41) is 2.81. The second kappa shape index (κ2) is 8.04. The Morgan fingerprint density at radius 3 is 2.46 bits per heavy atom. The third-order valence-corrected chi connectivity index (χ3v) is 6.13. The third-order valence-electron chi connectivity index (χ3n) is 4.25. The summed E-state index contributed by atoms with van der Waals surface area (Å²) < 4.78 is 13.4. The van der Waals surface area contributed by atoms with Crippen molar-refractivity contribution in [2.75, 3.05) is 4.90 Å². The standard InChI is InChI=1S/C22H17FN2OS2/c1-15-24-20(21(28-15)16-6-3-2-4-7-16)22(26)25(14-19-8-5-13-27-19)18-11-9-17(23)10-12-18/h2-13H,14H2,1H3. The lowest BCUT2D eigenvalue weighted by Gasteiger charge is -2.22. The molecule has 0 aliphatic rings. The molecule has 0 saturated heterocycles. The second-order valence-electron chi connectivity index (χ2n) is 6.22. The average Bonchev–Trinajstić information content (AvgIpc) is 3.37. The first-order valence-electron chi connectivity index (χ1n) is 8.74. The van der Waals surface area contributed by atoms with Gasteiger partial charge in [-0.2, -0.15) is 0 Å². The van der Waals surface area contributed by atoms with Gasteiger partial charge in [0.05, 0.1) is 16.4 Å². The van der Waals surface area contributed by atoms with Gasteiger partial charge in [-0.05, 0) is 48.2 Å². The highest BCUT2D eigenvalue weighted by Gasteiger charge is 2.25. The highest BCUT2D eigenvalue weighted by molar-refractivity contribution is 7.15. The topological polar surface area (TPSA) is 33.2 Å². The molecule has 0 saturated carbocycles. The van der Waals surface area contributed by atoms with E-state index in [0.29, 0.717) is 17.9 Å². The van der Waals surface area contributed by atoms with Crippen LogP contribution in [0.1, 0.15) is 20.4 Å². The van der Waals surface area contributed by atoms with Crippen molar-refractivity contribution in [1.29, 1.82) is 0 Å². The third kappa shape index (κ3) is 3.88. The first-order valence-corrected chi connectivity index (χ1v) is 10.4. The molecule has 2 aromatic carbocycles. The van der Waals surface area contributed by atoms with Crippen molar-refractivity contribution in [2.24, 2.45) is 0 Å². The molecular weight excluding hydrogens is 391 g/mol. The minimum atomic E-state index is -0.332. The molecular formula is C22H17FN2OS2. The molecule has 0 atom stereocenters. The van der Waals surface area contributed by atoms with Crippen LogP contribution in [0.25, 0.3) is 10.4 Å². The monoisotopic (exact) mass is 408 g/mol. The summed E-state index contributed by atoms with van der Waals surface area (Å²) >= 11 is 3.08. The molecule has 28 heavy (non-hydrogen) atoms. The first kappa shape index (κ1) is 18.5. The van der Waals surface area contributed by atoms with E-state index in [1.54, 1.807) is 28.4 Å². The van der Waals surface area contributed by atoms with Gasteiger partial charge in [-0.3, -0.25) is 4.79 Å². The van der Waals surface area contributed by atoms with E-state index in [2.05, 4.69) is 4.98 Å². The van der Waals surface area contributed by atoms with Crippen LogP contribution in [-0.4, -0.2) is 10.9 Å². The van der Waals surface area contributed by atoms with E-state index in [1.165, 1.54) is 23.5 Å². The minimum Gasteiger partial charge on any atom is -0.302 e. The van der Waals surface area contributed by atoms with Crippen LogP contribution in [0.3, 0.4) is 0 Å². The summed E-state index contributed by atoms with van der Waals surface area (Å²) in [6.07, 6.45) is 0. The Labute approximate surface area is 170 Å². The zero-order valence-electron chi connectivity index (χ0n) is 15.1. The van der Waals surface area contributed by atoms with E-state index in [1.807, 2.05) is 54.8 Å². The highest BCUT2D eigenvalue weighted by atomic mass is 32.1. The molecule has 0 aliphatic heterocycles. The fourth-order valence-electron chi connectivity index (χ4n) is 2.94. The van der Waals surface area contributed by atoms with Crippen molar-refractivity contribution in [3.63, 3.8) is 0 Å². The summed E-state index contributed by atoms with van der Waals surface area (Å²) in [7, 11) is 0. The number of rotatable bonds is 5. The summed E-state index contributed by atoms with van der Waals surface area (Å²) in [4.78, 5) is 21.6. The van der Waals surface area contributed by atoms with Crippen molar-refractivity contribution in [3.8, 4) is 10.4 Å². The van der Waals surface area contributed by atoms with Gasteiger partial charge in [0.1, 0.15) is 11.5 Å². The van der Waals surface area contributed by atoms with Crippen LogP contribution >= 0.6 is 22.7 Å². The van der Waals surface area contributed by atoms with Crippen LogP contribution in [0, 0.1) is 12.7 Å². The van der Waals surface area contributed by atoms with Gasteiger partial charge in [0.25, 0.3) is 5.91 Å². The number of benzene rings is 2. The van der Waals surface area contributed by atoms with Crippen LogP contribution in [-0.2, 0) is 6.54 Å². The van der Waals surface area contributed by atoms with Gasteiger partial charge >= 0.3 is 0 Å². The fourth-order valence-corrected chi connectivity index (χ4v) is 4.55. The molecule has 0 fully saturated rings. The number of amides is 1. The van der Waals surface area contributed by atoms with Gasteiger partial charge in [0.15, 0.2) is 0 Å². The number of carbonyl (C=O) groups is 1. The molecule has 0 bridgehead atoms. The number of nitrogens with zero attached hydrogens (tertiary/aromatic N) is 2. The Balaban J connectivity index is 1.77. The van der Waals surface area contributed by atoms with Crippen molar-refractivity contribution in [3.05, 3.63) is 93.5 Å². The lowest BCUT2D eigenvalue weighted by atomic mass is 10.1. The Morgan fingerprint density at radius 2 is 1.79 bits per heavy atom. The molecule has 0 radical (unpaired) electrons. The molecule has 4 aromatic rings. The summed E-state index contributed by atoms with van der Waals surface area (Å²) in [6, 6.07) is 19.7. The number of thiophene rings is 1. The second-order valence-corrected chi connectivity index (χ2v) is 8.46. The Kier molecular flexibility index (Phi) is 5.32. The van der Waals surface area contributed by atoms with Crippen LogP contribution in [0.2, 0.25) is 0 Å². The molecule has 1 amide bonds. The number of anilines is 1. The van der Waals surface area contributed by atoms with Crippen molar-refractivity contribution in [2.45, 2.75) is 13.5 Å². The first-order chi connectivity index (χ1) is 13.6. The predicted molar refractivity (Wildman–Crippen MR) is 114 cm³/mol. The molecule has 4 rings (SSSR count). The molecule has 2 aromatic heterocycles. The lowest BCUT2D eigenvalue weighted by Crippen LogP contribution is -2.30. The van der Waals surface area contributed by atoms with Gasteiger partial charge in [-0.25, -0.2) is 9.37 Å². The Hall–Kier alpha value is -2.83. The number of hydrogen-bond donors (Lipinski definition) is 0. The van der Waals surface area contributed by atoms with Crippen LogP contribution in [0.4, 0.5) is 10.1 Å². The SMILES string of the molecule is Cc1nc(C(=O)N(Cc2cccs2)c2ccc(F)cc2)c(-c2ccccc2)s1. The van der Waals surface area contributed by atoms with E-state index in [-0.39, 0.29) is 11.7 Å². The van der Waals surface area contributed by atoms with E-state index in [0.717, 1.165) is 20.3 Å². The summed E-state index contributed by atoms with van der Waals surface area (Å²) in [5.74, 6) is -0.523. The maximum atomic E-state index is 13.5. The Bertz CT molecular complexity index is 1070. The van der Waals surface area contributed by atoms with Crippen molar-refractivity contribution < 1.29 is 9.18 Å². The molecule has 0 spiro atoms. The quantitative estimate of drug-likeness (QED) is 0.396. The summed E-state index contributed by atoms with van der Waals surface area (Å²) in [5.41, 5.74) is 2.03. The van der Waals surface area contributed by atoms with Crippen molar-refractivity contribution >= 4 is 34.3 Å². The van der Waals surface area contributed by atoms with E-state index >= 15 is 0 Å². The van der Waals surface area contributed by atoms with Gasteiger partial charge < -0.3 is 4.90 Å². The molecule has 3 nitrogen and oxygen atoms in total. The van der Waals surface area contributed by atoms with Gasteiger partial charge in [0, 0.05) is 10.6 Å². The molecule has 2 heterocycles. The zero-order chi connectivity index (χ0) is 19.5. The maximum absolute atomic E-state index is 13.5. The van der Waals surface area contributed by atoms with Crippen LogP contribution in [0.15, 0.2) is 72.1 Å². The lowest BCUT2D eigenvalue weighted by molar-refractivity contribution is 0.0981. The van der Waals surface area contributed by atoms with Crippen LogP contribution < -0.4 is 4.90 Å². The maximum Gasteiger partial charge on any atom is 0.278 e.